The highest BCUT2D eigenvalue weighted by Crippen LogP contribution is 2.47. The lowest BCUT2D eigenvalue weighted by Gasteiger charge is -2.24. The summed E-state index contributed by atoms with van der Waals surface area (Å²) in [5.41, 5.74) is 0.586. The Kier molecular flexibility index (Phi) is 6.17. The fourth-order valence-corrected chi connectivity index (χ4v) is 4.20. The third-order valence-corrected chi connectivity index (χ3v) is 6.52. The normalized spacial score (nSPS) is 20.8. The van der Waals surface area contributed by atoms with Gasteiger partial charge in [-0.1, -0.05) is 40.7 Å². The minimum absolute atomic E-state index is 0.0615. The molecule has 0 radical (unpaired) electrons. The zero-order chi connectivity index (χ0) is 23.1. The van der Waals surface area contributed by atoms with E-state index in [9.17, 15) is 8.78 Å². The Morgan fingerprint density at radius 2 is 1.75 bits per heavy atom. The maximum absolute atomic E-state index is 14.1. The van der Waals surface area contributed by atoms with Crippen LogP contribution < -0.4 is 9.47 Å². The first kappa shape index (κ1) is 22.9. The van der Waals surface area contributed by atoms with Crippen molar-refractivity contribution in [3.63, 3.8) is 0 Å². The predicted molar refractivity (Wildman–Crippen MR) is 120 cm³/mol. The Labute approximate surface area is 189 Å². The molecule has 2 atom stereocenters. The van der Waals surface area contributed by atoms with Crippen LogP contribution in [0.25, 0.3) is 0 Å². The van der Waals surface area contributed by atoms with Gasteiger partial charge in [0.25, 0.3) is 5.88 Å². The van der Waals surface area contributed by atoms with Crippen LogP contribution in [-0.2, 0) is 10.8 Å². The Balaban J connectivity index is 1.35. The molecule has 0 bridgehead atoms. The van der Waals surface area contributed by atoms with Gasteiger partial charge in [0.05, 0.1) is 19.4 Å². The van der Waals surface area contributed by atoms with Gasteiger partial charge in [-0.05, 0) is 60.5 Å². The summed E-state index contributed by atoms with van der Waals surface area (Å²) in [7, 11) is 0. The fourth-order valence-electron chi connectivity index (χ4n) is 4.20. The summed E-state index contributed by atoms with van der Waals surface area (Å²) < 4.78 is 39.5. The maximum atomic E-state index is 14.1. The molecule has 2 aliphatic rings. The van der Waals surface area contributed by atoms with Crippen molar-refractivity contribution in [2.24, 2.45) is 17.8 Å². The fraction of sp³-hybridized carbons (Fsp3) is 0.615. The number of hydrogen-bond acceptors (Lipinski definition) is 4. The lowest BCUT2D eigenvalue weighted by molar-refractivity contribution is 0.264. The minimum atomic E-state index is -0.507. The number of ether oxygens (including phenoxy) is 2. The average Bonchev–Trinajstić information content (AvgIpc) is 3.62. The van der Waals surface area contributed by atoms with Gasteiger partial charge in [0.1, 0.15) is 17.4 Å². The van der Waals surface area contributed by atoms with Gasteiger partial charge in [-0.2, -0.15) is 9.37 Å². The quantitative estimate of drug-likeness (QED) is 0.460. The molecule has 174 valence electrons. The molecule has 4 nitrogen and oxygen atoms in total. The second kappa shape index (κ2) is 8.60. The van der Waals surface area contributed by atoms with E-state index in [1.807, 2.05) is 6.07 Å². The number of hydrogen-bond donors (Lipinski definition) is 0. The third kappa shape index (κ3) is 5.57. The van der Waals surface area contributed by atoms with Crippen LogP contribution in [0, 0.1) is 29.4 Å². The maximum Gasteiger partial charge on any atom is 0.253 e. The van der Waals surface area contributed by atoms with Crippen LogP contribution in [0.1, 0.15) is 71.7 Å². The molecule has 1 heterocycles. The van der Waals surface area contributed by atoms with E-state index >= 15 is 0 Å². The van der Waals surface area contributed by atoms with E-state index in [1.165, 1.54) is 18.3 Å². The monoisotopic (exact) mass is 444 g/mol. The molecule has 0 spiro atoms. The molecule has 2 fully saturated rings. The molecule has 6 heteroatoms. The molecule has 1 aromatic heterocycles. The van der Waals surface area contributed by atoms with Crippen molar-refractivity contribution in [1.29, 1.82) is 0 Å². The van der Waals surface area contributed by atoms with E-state index in [2.05, 4.69) is 44.6 Å². The lowest BCUT2D eigenvalue weighted by Crippen LogP contribution is -2.23. The van der Waals surface area contributed by atoms with E-state index in [0.29, 0.717) is 42.5 Å². The largest absolute Gasteiger partial charge is 0.493 e. The molecule has 1 aromatic carbocycles. The van der Waals surface area contributed by atoms with Gasteiger partial charge in [-0.3, -0.25) is 0 Å². The Morgan fingerprint density at radius 3 is 2.44 bits per heavy atom. The average molecular weight is 445 g/mol. The first-order valence-corrected chi connectivity index (χ1v) is 11.6. The molecular weight excluding hydrogens is 410 g/mol. The van der Waals surface area contributed by atoms with Gasteiger partial charge >= 0.3 is 0 Å². The van der Waals surface area contributed by atoms with Crippen LogP contribution in [0.4, 0.5) is 8.78 Å². The summed E-state index contributed by atoms with van der Waals surface area (Å²) in [6.07, 6.45) is 5.43. The van der Waals surface area contributed by atoms with Crippen molar-refractivity contribution in [1.82, 2.24) is 9.97 Å². The zero-order valence-electron chi connectivity index (χ0n) is 19.8. The highest BCUT2D eigenvalue weighted by atomic mass is 19.1. The van der Waals surface area contributed by atoms with Crippen molar-refractivity contribution >= 4 is 0 Å². The van der Waals surface area contributed by atoms with Gasteiger partial charge in [-0.25, -0.2) is 9.37 Å². The SMILES string of the molecule is CC(C)(C)c1ccc(F)cc1OCC1CC1CC(C)(C)c1ncc(F)c(OCC2CC2)n1. The van der Waals surface area contributed by atoms with Crippen LogP contribution in [0.15, 0.2) is 24.4 Å². The molecule has 2 aromatic rings. The number of benzene rings is 1. The number of halogens is 2. The second-order valence-electron chi connectivity index (χ2n) is 11.1. The molecule has 2 aliphatic carbocycles. The molecule has 0 aliphatic heterocycles. The van der Waals surface area contributed by atoms with E-state index in [0.717, 1.165) is 31.2 Å². The minimum Gasteiger partial charge on any atom is -0.493 e. The van der Waals surface area contributed by atoms with E-state index < -0.39 is 5.82 Å². The van der Waals surface area contributed by atoms with Gasteiger partial charge in [0.15, 0.2) is 0 Å². The topological polar surface area (TPSA) is 44.2 Å². The Hall–Kier alpha value is -2.24. The van der Waals surface area contributed by atoms with E-state index in [4.69, 9.17) is 9.47 Å². The highest BCUT2D eigenvalue weighted by molar-refractivity contribution is 5.39. The summed E-state index contributed by atoms with van der Waals surface area (Å²) in [6, 6.07) is 4.78. The highest BCUT2D eigenvalue weighted by Gasteiger charge is 2.43. The smallest absolute Gasteiger partial charge is 0.253 e. The van der Waals surface area contributed by atoms with Crippen molar-refractivity contribution in [2.45, 2.75) is 71.1 Å². The number of rotatable bonds is 9. The van der Waals surface area contributed by atoms with Crippen molar-refractivity contribution in [3.8, 4) is 11.6 Å². The van der Waals surface area contributed by atoms with E-state index in [1.54, 1.807) is 0 Å². The summed E-state index contributed by atoms with van der Waals surface area (Å²) in [5.74, 6) is 1.93. The zero-order valence-corrected chi connectivity index (χ0v) is 19.8. The number of nitrogens with zero attached hydrogens (tertiary/aromatic N) is 2. The first-order chi connectivity index (χ1) is 15.0. The van der Waals surface area contributed by atoms with Gasteiger partial charge in [0.2, 0.25) is 5.82 Å². The summed E-state index contributed by atoms with van der Waals surface area (Å²) in [4.78, 5) is 8.67. The summed E-state index contributed by atoms with van der Waals surface area (Å²) >= 11 is 0. The van der Waals surface area contributed by atoms with Gasteiger partial charge < -0.3 is 9.47 Å². The van der Waals surface area contributed by atoms with Gasteiger partial charge in [0, 0.05) is 11.5 Å². The van der Waals surface area contributed by atoms with Crippen LogP contribution in [-0.4, -0.2) is 23.2 Å². The third-order valence-electron chi connectivity index (χ3n) is 6.52. The molecule has 0 saturated heterocycles. The molecule has 0 amide bonds. The van der Waals surface area contributed by atoms with Crippen LogP contribution >= 0.6 is 0 Å². The lowest BCUT2D eigenvalue weighted by atomic mass is 9.85. The molecular formula is C26H34F2N2O2. The Bertz CT molecular complexity index is 967. The predicted octanol–water partition coefficient (Wildman–Crippen LogP) is 6.22. The molecule has 2 unspecified atom stereocenters. The Morgan fingerprint density at radius 1 is 1.00 bits per heavy atom. The van der Waals surface area contributed by atoms with Crippen molar-refractivity contribution in [3.05, 3.63) is 47.4 Å². The molecule has 4 rings (SSSR count). The molecule has 32 heavy (non-hydrogen) atoms. The summed E-state index contributed by atoms with van der Waals surface area (Å²) in [5, 5.41) is 0. The number of aromatic nitrogens is 2. The second-order valence-corrected chi connectivity index (χ2v) is 11.1. The summed E-state index contributed by atoms with van der Waals surface area (Å²) in [6.45, 7) is 11.6. The first-order valence-electron chi connectivity index (χ1n) is 11.6. The van der Waals surface area contributed by atoms with Crippen molar-refractivity contribution < 1.29 is 18.3 Å². The molecule has 2 saturated carbocycles. The van der Waals surface area contributed by atoms with E-state index in [-0.39, 0.29) is 22.5 Å². The van der Waals surface area contributed by atoms with Crippen LogP contribution in [0.3, 0.4) is 0 Å². The van der Waals surface area contributed by atoms with Crippen LogP contribution in [0.2, 0.25) is 0 Å². The standard InChI is InChI=1S/C26H34F2N2O2/c1-25(2,3)20-9-8-19(27)11-22(20)31-15-18-10-17(18)12-26(4,5)24-29-13-21(28)23(30-24)32-14-16-6-7-16/h8-9,11,13,16-18H,6-7,10,12,14-15H2,1-5H3. The van der Waals surface area contributed by atoms with Gasteiger partial charge in [-0.15, -0.1) is 0 Å². The molecule has 0 N–H and O–H groups in total. The van der Waals surface area contributed by atoms with Crippen molar-refractivity contribution in [2.75, 3.05) is 13.2 Å². The van der Waals surface area contributed by atoms with Crippen LogP contribution in [0.5, 0.6) is 11.6 Å².